The third-order valence-corrected chi connectivity index (χ3v) is 4.42. The molecular weight excluding hydrogens is 385 g/mol. The first-order valence-corrected chi connectivity index (χ1v) is 9.11. The number of ether oxygens (including phenoxy) is 1. The zero-order chi connectivity index (χ0) is 20.9. The Kier molecular flexibility index (Phi) is 6.43. The number of amides is 1. The summed E-state index contributed by atoms with van der Waals surface area (Å²) in [6, 6.07) is 14.1. The summed E-state index contributed by atoms with van der Waals surface area (Å²) in [6.45, 7) is 0.358. The van der Waals surface area contributed by atoms with E-state index >= 15 is 0 Å². The van der Waals surface area contributed by atoms with E-state index < -0.39 is 17.8 Å². The minimum absolute atomic E-state index is 0.00804. The van der Waals surface area contributed by atoms with Gasteiger partial charge in [-0.15, -0.1) is 0 Å². The lowest BCUT2D eigenvalue weighted by Crippen LogP contribution is -2.35. The van der Waals surface area contributed by atoms with Crippen LogP contribution < -0.4 is 10.1 Å². The maximum absolute atomic E-state index is 12.5. The van der Waals surface area contributed by atoms with E-state index in [0.717, 1.165) is 23.0 Å². The fourth-order valence-electron chi connectivity index (χ4n) is 2.87. The van der Waals surface area contributed by atoms with Crippen LogP contribution in [0.5, 0.6) is 5.75 Å². The Bertz CT molecular complexity index is 952. The van der Waals surface area contributed by atoms with Crippen molar-refractivity contribution in [3.8, 4) is 5.75 Å². The number of alkyl halides is 3. The number of aromatic nitrogens is 1. The van der Waals surface area contributed by atoms with Crippen LogP contribution in [0, 0.1) is 0 Å². The van der Waals surface area contributed by atoms with Crippen molar-refractivity contribution < 1.29 is 27.8 Å². The third kappa shape index (κ3) is 5.74. The highest BCUT2D eigenvalue weighted by Crippen LogP contribution is 2.30. The van der Waals surface area contributed by atoms with E-state index in [1.165, 1.54) is 12.1 Å². The molecule has 0 saturated carbocycles. The van der Waals surface area contributed by atoms with Crippen molar-refractivity contribution in [3.63, 3.8) is 0 Å². The molecule has 0 bridgehead atoms. The van der Waals surface area contributed by atoms with Gasteiger partial charge in [0, 0.05) is 31.2 Å². The monoisotopic (exact) mass is 406 g/mol. The Morgan fingerprint density at radius 3 is 2.55 bits per heavy atom. The van der Waals surface area contributed by atoms with Crippen molar-refractivity contribution in [3.05, 3.63) is 66.4 Å². The molecule has 1 unspecified atom stereocenters. The summed E-state index contributed by atoms with van der Waals surface area (Å²) in [5.41, 5.74) is 0.276. The van der Waals surface area contributed by atoms with Crippen molar-refractivity contribution in [1.82, 2.24) is 9.88 Å². The van der Waals surface area contributed by atoms with E-state index in [4.69, 9.17) is 4.74 Å². The first-order valence-electron chi connectivity index (χ1n) is 9.11. The molecule has 5 nitrogen and oxygen atoms in total. The van der Waals surface area contributed by atoms with Gasteiger partial charge in [0.25, 0.3) is 0 Å². The van der Waals surface area contributed by atoms with Crippen molar-refractivity contribution in [2.24, 2.45) is 0 Å². The first-order chi connectivity index (χ1) is 13.8. The molecule has 3 aromatic rings. The number of aliphatic hydroxyl groups excluding tert-OH is 1. The second-order valence-electron chi connectivity index (χ2n) is 6.61. The summed E-state index contributed by atoms with van der Waals surface area (Å²) in [5.74, 6) is -0.000719. The highest BCUT2D eigenvalue weighted by Gasteiger charge is 2.30. The fourth-order valence-corrected chi connectivity index (χ4v) is 2.87. The molecule has 0 aliphatic rings. The Labute approximate surface area is 165 Å². The molecule has 0 saturated heterocycles. The van der Waals surface area contributed by atoms with E-state index in [2.05, 4.69) is 5.32 Å². The maximum Gasteiger partial charge on any atom is 0.416 e. The molecule has 0 spiro atoms. The number of benzene rings is 2. The first kappa shape index (κ1) is 20.7. The van der Waals surface area contributed by atoms with Gasteiger partial charge in [0.15, 0.2) is 0 Å². The number of nitrogens with one attached hydrogen (secondary N) is 1. The van der Waals surface area contributed by atoms with Gasteiger partial charge in [-0.2, -0.15) is 13.2 Å². The Morgan fingerprint density at radius 1 is 1.10 bits per heavy atom. The molecule has 154 valence electrons. The van der Waals surface area contributed by atoms with Crippen LogP contribution in [-0.4, -0.2) is 34.8 Å². The zero-order valence-corrected chi connectivity index (χ0v) is 15.5. The molecule has 2 aromatic carbocycles. The number of carbonyl (C=O) groups is 1. The number of hydrogen-bond donors (Lipinski definition) is 2. The predicted octanol–water partition coefficient (Wildman–Crippen LogP) is 3.61. The average molecular weight is 406 g/mol. The molecule has 0 fully saturated rings. The van der Waals surface area contributed by atoms with Crippen LogP contribution in [-0.2, 0) is 17.5 Å². The SMILES string of the molecule is O=C(CCn1ccc2ccccc21)NCC(O)COc1ccc(C(F)(F)F)cc1. The summed E-state index contributed by atoms with van der Waals surface area (Å²) < 4.78 is 44.8. The summed E-state index contributed by atoms with van der Waals surface area (Å²) >= 11 is 0. The van der Waals surface area contributed by atoms with E-state index in [-0.39, 0.29) is 31.2 Å². The van der Waals surface area contributed by atoms with E-state index in [9.17, 15) is 23.1 Å². The third-order valence-electron chi connectivity index (χ3n) is 4.42. The molecule has 1 aromatic heterocycles. The number of aliphatic hydroxyl groups is 1. The van der Waals surface area contributed by atoms with Crippen molar-refractivity contribution >= 4 is 16.8 Å². The van der Waals surface area contributed by atoms with Gasteiger partial charge in [-0.05, 0) is 41.8 Å². The highest BCUT2D eigenvalue weighted by atomic mass is 19.4. The van der Waals surface area contributed by atoms with Gasteiger partial charge in [0.1, 0.15) is 18.5 Å². The molecule has 3 rings (SSSR count). The molecule has 0 aliphatic heterocycles. The minimum Gasteiger partial charge on any atom is -0.491 e. The lowest BCUT2D eigenvalue weighted by Gasteiger charge is -2.14. The van der Waals surface area contributed by atoms with Crippen molar-refractivity contribution in [1.29, 1.82) is 0 Å². The van der Waals surface area contributed by atoms with Crippen LogP contribution in [0.2, 0.25) is 0 Å². The summed E-state index contributed by atoms with van der Waals surface area (Å²) in [4.78, 5) is 12.0. The number of para-hydroxylation sites is 1. The second-order valence-corrected chi connectivity index (χ2v) is 6.61. The topological polar surface area (TPSA) is 63.5 Å². The van der Waals surface area contributed by atoms with Crippen LogP contribution >= 0.6 is 0 Å². The number of fused-ring (bicyclic) bond motifs is 1. The average Bonchev–Trinajstić information content (AvgIpc) is 3.12. The Balaban J connectivity index is 1.38. The van der Waals surface area contributed by atoms with Crippen LogP contribution in [0.1, 0.15) is 12.0 Å². The van der Waals surface area contributed by atoms with E-state index in [1.54, 1.807) is 0 Å². The van der Waals surface area contributed by atoms with Crippen LogP contribution in [0.3, 0.4) is 0 Å². The molecule has 29 heavy (non-hydrogen) atoms. The minimum atomic E-state index is -4.41. The molecule has 8 heteroatoms. The standard InChI is InChI=1S/C21H21F3N2O3/c22-21(23,24)16-5-7-18(8-6-16)29-14-17(27)13-25-20(28)10-12-26-11-9-15-3-1-2-4-19(15)26/h1-9,11,17,27H,10,12-14H2,(H,25,28). The smallest absolute Gasteiger partial charge is 0.416 e. The van der Waals surface area contributed by atoms with Crippen LogP contribution in [0.15, 0.2) is 60.8 Å². The maximum atomic E-state index is 12.5. The Hall–Kier alpha value is -3.00. The number of aryl methyl sites for hydroxylation is 1. The molecule has 1 heterocycles. The molecule has 2 N–H and O–H groups in total. The zero-order valence-electron chi connectivity index (χ0n) is 15.5. The number of hydrogen-bond acceptors (Lipinski definition) is 3. The molecule has 1 atom stereocenters. The normalized spacial score (nSPS) is 12.7. The van der Waals surface area contributed by atoms with Gasteiger partial charge in [0.05, 0.1) is 5.56 Å². The molecule has 1 amide bonds. The summed E-state index contributed by atoms with van der Waals surface area (Å²) in [7, 11) is 0. The molecule has 0 aliphatic carbocycles. The summed E-state index contributed by atoms with van der Waals surface area (Å²) in [6.07, 6.45) is -3.21. The van der Waals surface area contributed by atoms with Gasteiger partial charge in [-0.25, -0.2) is 0 Å². The largest absolute Gasteiger partial charge is 0.491 e. The number of rotatable bonds is 8. The second kappa shape index (κ2) is 9.00. The van der Waals surface area contributed by atoms with Crippen molar-refractivity contribution in [2.75, 3.05) is 13.2 Å². The van der Waals surface area contributed by atoms with Crippen molar-refractivity contribution in [2.45, 2.75) is 25.2 Å². The summed E-state index contributed by atoms with van der Waals surface area (Å²) in [5, 5.41) is 13.6. The van der Waals surface area contributed by atoms with Crippen LogP contribution in [0.25, 0.3) is 10.9 Å². The lowest BCUT2D eigenvalue weighted by atomic mass is 10.2. The highest BCUT2D eigenvalue weighted by molar-refractivity contribution is 5.80. The molecule has 0 radical (unpaired) electrons. The van der Waals surface area contributed by atoms with Gasteiger partial charge in [-0.3, -0.25) is 4.79 Å². The Morgan fingerprint density at radius 2 is 1.83 bits per heavy atom. The van der Waals surface area contributed by atoms with E-state index in [1.807, 2.05) is 41.1 Å². The van der Waals surface area contributed by atoms with E-state index in [0.29, 0.717) is 6.54 Å². The van der Waals surface area contributed by atoms with Gasteiger partial charge in [0.2, 0.25) is 5.91 Å². The van der Waals surface area contributed by atoms with Gasteiger partial charge < -0.3 is 19.7 Å². The van der Waals surface area contributed by atoms with Gasteiger partial charge in [-0.1, -0.05) is 18.2 Å². The van der Waals surface area contributed by atoms with Gasteiger partial charge >= 0.3 is 6.18 Å². The molecular formula is C21H21F3N2O3. The predicted molar refractivity (Wildman–Crippen MR) is 103 cm³/mol. The lowest BCUT2D eigenvalue weighted by molar-refractivity contribution is -0.137. The number of carbonyl (C=O) groups excluding carboxylic acids is 1. The fraction of sp³-hybridized carbons (Fsp3) is 0.286. The number of nitrogens with zero attached hydrogens (tertiary/aromatic N) is 1. The van der Waals surface area contributed by atoms with Crippen LogP contribution in [0.4, 0.5) is 13.2 Å². The quantitative estimate of drug-likeness (QED) is 0.601. The number of halogens is 3.